The molecule has 0 spiro atoms. The number of carboxylic acid groups (broad SMARTS) is 1. The third-order valence-electron chi connectivity index (χ3n) is 3.37. The number of carbonyl (C=O) groups is 1. The summed E-state index contributed by atoms with van der Waals surface area (Å²) in [6.07, 6.45) is 0. The minimum Gasteiger partial charge on any atom is -0.477 e. The van der Waals surface area contributed by atoms with Gasteiger partial charge < -0.3 is 10.1 Å². The van der Waals surface area contributed by atoms with Gasteiger partial charge in [0.1, 0.15) is 5.69 Å². The summed E-state index contributed by atoms with van der Waals surface area (Å²) in [6.45, 7) is 1.97. The van der Waals surface area contributed by atoms with Crippen molar-refractivity contribution in [2.75, 3.05) is 0 Å². The Hall–Kier alpha value is -2.07. The topological polar surface area (TPSA) is 53.1 Å². The molecule has 2 aromatic carbocycles. The Morgan fingerprint density at radius 2 is 1.95 bits per heavy atom. The van der Waals surface area contributed by atoms with Crippen LogP contribution in [-0.2, 0) is 0 Å². The minimum absolute atomic E-state index is 0.229. The highest BCUT2D eigenvalue weighted by Crippen LogP contribution is 2.34. The smallest absolute Gasteiger partial charge is 0.352 e. The second-order valence-electron chi connectivity index (χ2n) is 4.69. The van der Waals surface area contributed by atoms with E-state index in [1.54, 1.807) is 0 Å². The van der Waals surface area contributed by atoms with Crippen molar-refractivity contribution in [1.29, 1.82) is 0 Å². The molecule has 3 rings (SSSR count). The van der Waals surface area contributed by atoms with E-state index in [1.807, 2.05) is 49.4 Å². The fraction of sp³-hybridized carbons (Fsp3) is 0.0625. The van der Waals surface area contributed by atoms with Crippen LogP contribution in [0.25, 0.3) is 22.0 Å². The second-order valence-corrected chi connectivity index (χ2v) is 5.60. The molecule has 0 saturated carbocycles. The lowest BCUT2D eigenvalue weighted by molar-refractivity contribution is 0.0692. The number of para-hydroxylation sites is 1. The SMILES string of the molecule is Cc1cccc2c(-c3cccc(Br)c3)c(C(=O)O)[nH]c12. The maximum atomic E-state index is 11.5. The van der Waals surface area contributed by atoms with Crippen molar-refractivity contribution in [2.45, 2.75) is 6.92 Å². The molecule has 1 heterocycles. The first-order chi connectivity index (χ1) is 9.58. The van der Waals surface area contributed by atoms with Crippen molar-refractivity contribution in [3.63, 3.8) is 0 Å². The van der Waals surface area contributed by atoms with Crippen LogP contribution in [-0.4, -0.2) is 16.1 Å². The Labute approximate surface area is 124 Å². The molecule has 0 fully saturated rings. The van der Waals surface area contributed by atoms with Crippen molar-refractivity contribution < 1.29 is 9.90 Å². The van der Waals surface area contributed by atoms with Gasteiger partial charge in [-0.05, 0) is 30.2 Å². The van der Waals surface area contributed by atoms with Crippen molar-refractivity contribution >= 4 is 32.8 Å². The normalized spacial score (nSPS) is 10.9. The summed E-state index contributed by atoms with van der Waals surface area (Å²) in [5, 5.41) is 10.4. The standard InChI is InChI=1S/C16H12BrNO2/c1-9-4-2-7-12-13(10-5-3-6-11(17)8-10)15(16(19)20)18-14(9)12/h2-8,18H,1H3,(H,19,20). The molecule has 1 aromatic heterocycles. The van der Waals surface area contributed by atoms with Gasteiger partial charge in [-0.2, -0.15) is 0 Å². The van der Waals surface area contributed by atoms with Gasteiger partial charge in [-0.3, -0.25) is 0 Å². The van der Waals surface area contributed by atoms with Gasteiger partial charge in [0, 0.05) is 20.9 Å². The van der Waals surface area contributed by atoms with E-state index in [0.717, 1.165) is 32.1 Å². The molecule has 3 nitrogen and oxygen atoms in total. The Morgan fingerprint density at radius 1 is 1.20 bits per heavy atom. The number of aromatic carboxylic acids is 1. The van der Waals surface area contributed by atoms with Gasteiger partial charge in [0.25, 0.3) is 0 Å². The predicted octanol–water partition coefficient (Wildman–Crippen LogP) is 4.60. The second kappa shape index (κ2) is 4.80. The average Bonchev–Trinajstić information content (AvgIpc) is 2.80. The van der Waals surface area contributed by atoms with Gasteiger partial charge in [0.05, 0.1) is 0 Å². The molecule has 0 amide bonds. The largest absolute Gasteiger partial charge is 0.477 e. The summed E-state index contributed by atoms with van der Waals surface area (Å²) in [5.74, 6) is -0.949. The Bertz CT molecular complexity index is 820. The zero-order valence-corrected chi connectivity index (χ0v) is 12.4. The number of carboxylic acids is 1. The first-order valence-corrected chi connectivity index (χ1v) is 6.98. The quantitative estimate of drug-likeness (QED) is 0.721. The number of H-pyrrole nitrogens is 1. The van der Waals surface area contributed by atoms with Crippen molar-refractivity contribution in [3.05, 3.63) is 58.2 Å². The summed E-state index contributed by atoms with van der Waals surface area (Å²) in [7, 11) is 0. The molecule has 3 aromatic rings. The van der Waals surface area contributed by atoms with Crippen LogP contribution in [0.15, 0.2) is 46.9 Å². The molecule has 2 N–H and O–H groups in total. The summed E-state index contributed by atoms with van der Waals surface area (Å²) in [4.78, 5) is 14.6. The van der Waals surface area contributed by atoms with Crippen LogP contribution in [0.5, 0.6) is 0 Å². The average molecular weight is 330 g/mol. The van der Waals surface area contributed by atoms with Gasteiger partial charge in [-0.15, -0.1) is 0 Å². The van der Waals surface area contributed by atoms with Crippen LogP contribution >= 0.6 is 15.9 Å². The number of halogens is 1. The van der Waals surface area contributed by atoms with Crippen LogP contribution in [0.3, 0.4) is 0 Å². The lowest BCUT2D eigenvalue weighted by atomic mass is 10.0. The molecule has 4 heteroatoms. The predicted molar refractivity (Wildman–Crippen MR) is 83.1 cm³/mol. The van der Waals surface area contributed by atoms with E-state index in [4.69, 9.17) is 0 Å². The van der Waals surface area contributed by atoms with Crippen molar-refractivity contribution in [1.82, 2.24) is 4.98 Å². The van der Waals surface area contributed by atoms with Crippen molar-refractivity contribution in [3.8, 4) is 11.1 Å². The van der Waals surface area contributed by atoms with E-state index in [-0.39, 0.29) is 5.69 Å². The number of benzene rings is 2. The summed E-state index contributed by atoms with van der Waals surface area (Å²) in [5.41, 5.74) is 3.75. The van der Waals surface area contributed by atoms with E-state index in [9.17, 15) is 9.90 Å². The molecule has 0 aliphatic heterocycles. The van der Waals surface area contributed by atoms with Crippen LogP contribution in [0.1, 0.15) is 16.1 Å². The maximum Gasteiger partial charge on any atom is 0.352 e. The first-order valence-electron chi connectivity index (χ1n) is 6.18. The molecule has 0 bridgehead atoms. The van der Waals surface area contributed by atoms with Crippen LogP contribution in [0.2, 0.25) is 0 Å². The molecule has 0 aliphatic rings. The lowest BCUT2D eigenvalue weighted by Gasteiger charge is -2.03. The van der Waals surface area contributed by atoms with Crippen molar-refractivity contribution in [2.24, 2.45) is 0 Å². The van der Waals surface area contributed by atoms with Gasteiger partial charge in [-0.1, -0.05) is 46.3 Å². The third-order valence-corrected chi connectivity index (χ3v) is 3.86. The molecule has 20 heavy (non-hydrogen) atoms. The highest BCUT2D eigenvalue weighted by atomic mass is 79.9. The number of aryl methyl sites for hydroxylation is 1. The fourth-order valence-corrected chi connectivity index (χ4v) is 2.87. The van der Waals surface area contributed by atoms with Gasteiger partial charge >= 0.3 is 5.97 Å². The van der Waals surface area contributed by atoms with Crippen LogP contribution in [0.4, 0.5) is 0 Å². The number of aromatic amines is 1. The highest BCUT2D eigenvalue weighted by molar-refractivity contribution is 9.10. The fourth-order valence-electron chi connectivity index (χ4n) is 2.47. The summed E-state index contributed by atoms with van der Waals surface area (Å²) < 4.78 is 0.924. The van der Waals surface area contributed by atoms with Gasteiger partial charge in [0.2, 0.25) is 0 Å². The number of nitrogens with one attached hydrogen (secondary N) is 1. The Balaban J connectivity index is 2.41. The number of fused-ring (bicyclic) bond motifs is 1. The number of rotatable bonds is 2. The van der Waals surface area contributed by atoms with E-state index in [0.29, 0.717) is 0 Å². The molecule has 0 saturated heterocycles. The molecule has 0 radical (unpaired) electrons. The summed E-state index contributed by atoms with van der Waals surface area (Å²) in [6, 6.07) is 13.5. The molecular formula is C16H12BrNO2. The Kier molecular flexibility index (Phi) is 3.10. The number of hydrogen-bond acceptors (Lipinski definition) is 1. The molecule has 100 valence electrons. The highest BCUT2D eigenvalue weighted by Gasteiger charge is 2.19. The molecular weight excluding hydrogens is 318 g/mol. The van der Waals surface area contributed by atoms with Crippen LogP contribution < -0.4 is 0 Å². The van der Waals surface area contributed by atoms with E-state index >= 15 is 0 Å². The van der Waals surface area contributed by atoms with Crippen LogP contribution in [0, 0.1) is 6.92 Å². The van der Waals surface area contributed by atoms with Gasteiger partial charge in [0.15, 0.2) is 0 Å². The monoisotopic (exact) mass is 329 g/mol. The zero-order chi connectivity index (χ0) is 14.3. The Morgan fingerprint density at radius 3 is 2.65 bits per heavy atom. The molecule has 0 atom stereocenters. The molecule has 0 aliphatic carbocycles. The number of aromatic nitrogens is 1. The lowest BCUT2D eigenvalue weighted by Crippen LogP contribution is -1.98. The molecule has 0 unspecified atom stereocenters. The minimum atomic E-state index is -0.949. The van der Waals surface area contributed by atoms with Gasteiger partial charge in [-0.25, -0.2) is 4.79 Å². The number of hydrogen-bond donors (Lipinski definition) is 2. The zero-order valence-electron chi connectivity index (χ0n) is 10.8. The van der Waals surface area contributed by atoms with E-state index < -0.39 is 5.97 Å². The van der Waals surface area contributed by atoms with E-state index in [2.05, 4.69) is 20.9 Å². The maximum absolute atomic E-state index is 11.5. The third kappa shape index (κ3) is 2.02. The van der Waals surface area contributed by atoms with E-state index in [1.165, 1.54) is 0 Å². The summed E-state index contributed by atoms with van der Waals surface area (Å²) >= 11 is 3.43. The first kappa shape index (κ1) is 12.9.